The Kier molecular flexibility index (Phi) is 6.45. The predicted molar refractivity (Wildman–Crippen MR) is 75.4 cm³/mol. The van der Waals surface area contributed by atoms with Crippen molar-refractivity contribution < 1.29 is 9.47 Å². The third kappa shape index (κ3) is 5.24. The van der Waals surface area contributed by atoms with Crippen molar-refractivity contribution in [3.05, 3.63) is 21.3 Å². The van der Waals surface area contributed by atoms with Crippen molar-refractivity contribution in [2.24, 2.45) is 0 Å². The Bertz CT molecular complexity index is 339. The zero-order valence-electron chi connectivity index (χ0n) is 10.5. The summed E-state index contributed by atoms with van der Waals surface area (Å²) in [5.41, 5.74) is 0. The monoisotopic (exact) mass is 289 g/mol. The summed E-state index contributed by atoms with van der Waals surface area (Å²) in [6.45, 7) is 4.32. The molecule has 1 aromatic rings. The summed E-state index contributed by atoms with van der Waals surface area (Å²) in [4.78, 5) is 1.28. The fourth-order valence-corrected chi connectivity index (χ4v) is 3.01. The van der Waals surface area contributed by atoms with Gasteiger partial charge in [0.1, 0.15) is 0 Å². The van der Waals surface area contributed by atoms with E-state index in [1.807, 2.05) is 6.07 Å². The summed E-state index contributed by atoms with van der Waals surface area (Å²) in [7, 11) is 0. The van der Waals surface area contributed by atoms with Gasteiger partial charge in [-0.1, -0.05) is 11.6 Å². The second kappa shape index (κ2) is 8.12. The molecule has 0 radical (unpaired) electrons. The Balaban J connectivity index is 1.41. The molecule has 3 nitrogen and oxygen atoms in total. The molecule has 102 valence electrons. The highest BCUT2D eigenvalue weighted by Crippen LogP contribution is 2.20. The maximum Gasteiger partial charge on any atom is 0.0931 e. The molecule has 1 fully saturated rings. The molecule has 2 rings (SSSR count). The average molecular weight is 290 g/mol. The highest BCUT2D eigenvalue weighted by molar-refractivity contribution is 7.16. The topological polar surface area (TPSA) is 30.5 Å². The van der Waals surface area contributed by atoms with E-state index in [0.29, 0.717) is 6.10 Å². The molecule has 1 aliphatic heterocycles. The second-order valence-corrected chi connectivity index (χ2v) is 6.25. The molecule has 1 saturated heterocycles. The molecule has 0 bridgehead atoms. The lowest BCUT2D eigenvalue weighted by Gasteiger charge is -2.10. The van der Waals surface area contributed by atoms with Crippen molar-refractivity contribution >= 4 is 22.9 Å². The van der Waals surface area contributed by atoms with E-state index in [0.717, 1.165) is 50.1 Å². The minimum Gasteiger partial charge on any atom is -0.379 e. The summed E-state index contributed by atoms with van der Waals surface area (Å²) in [6.07, 6.45) is 3.70. The number of thiophene rings is 1. The molecule has 1 N–H and O–H groups in total. The van der Waals surface area contributed by atoms with Crippen LogP contribution >= 0.6 is 22.9 Å². The molecule has 0 amide bonds. The first-order valence-corrected chi connectivity index (χ1v) is 7.68. The van der Waals surface area contributed by atoms with Gasteiger partial charge in [-0.05, 0) is 37.9 Å². The largest absolute Gasteiger partial charge is 0.379 e. The molecule has 0 spiro atoms. The van der Waals surface area contributed by atoms with Crippen LogP contribution in [-0.4, -0.2) is 32.5 Å². The summed E-state index contributed by atoms with van der Waals surface area (Å²) in [5, 5.41) is 3.38. The van der Waals surface area contributed by atoms with E-state index in [9.17, 15) is 0 Å². The van der Waals surface area contributed by atoms with Gasteiger partial charge in [-0.2, -0.15) is 0 Å². The molecular formula is C13H20ClNO2S. The Labute approximate surface area is 117 Å². The summed E-state index contributed by atoms with van der Waals surface area (Å²) < 4.78 is 11.9. The molecule has 0 aliphatic carbocycles. The summed E-state index contributed by atoms with van der Waals surface area (Å²) in [6, 6.07) is 4.00. The van der Waals surface area contributed by atoms with Crippen LogP contribution in [0.2, 0.25) is 4.34 Å². The van der Waals surface area contributed by atoms with Crippen LogP contribution in [0.1, 0.15) is 24.1 Å². The number of ether oxygens (including phenoxy) is 2. The number of nitrogens with one attached hydrogen (secondary N) is 1. The van der Waals surface area contributed by atoms with E-state index in [-0.39, 0.29) is 0 Å². The van der Waals surface area contributed by atoms with Gasteiger partial charge in [-0.3, -0.25) is 0 Å². The fraction of sp³-hybridized carbons (Fsp3) is 0.692. The average Bonchev–Trinajstić information content (AvgIpc) is 3.00. The molecule has 1 unspecified atom stereocenters. The molecule has 18 heavy (non-hydrogen) atoms. The molecule has 0 aromatic carbocycles. The predicted octanol–water partition coefficient (Wildman–Crippen LogP) is 3.08. The Hall–Kier alpha value is -0.130. The van der Waals surface area contributed by atoms with Crippen LogP contribution in [0.15, 0.2) is 12.1 Å². The Morgan fingerprint density at radius 1 is 1.50 bits per heavy atom. The van der Waals surface area contributed by atoms with E-state index in [1.165, 1.54) is 11.3 Å². The third-order valence-corrected chi connectivity index (χ3v) is 4.13. The Morgan fingerprint density at radius 2 is 2.44 bits per heavy atom. The third-order valence-electron chi connectivity index (χ3n) is 2.90. The van der Waals surface area contributed by atoms with Crippen molar-refractivity contribution in [1.82, 2.24) is 5.32 Å². The van der Waals surface area contributed by atoms with Crippen LogP contribution in [0.25, 0.3) is 0 Å². The first-order chi connectivity index (χ1) is 8.84. The van der Waals surface area contributed by atoms with Crippen LogP contribution < -0.4 is 5.32 Å². The van der Waals surface area contributed by atoms with E-state index >= 15 is 0 Å². The van der Waals surface area contributed by atoms with E-state index in [4.69, 9.17) is 21.1 Å². The van der Waals surface area contributed by atoms with Gasteiger partial charge in [0, 0.05) is 24.6 Å². The van der Waals surface area contributed by atoms with Gasteiger partial charge < -0.3 is 14.8 Å². The highest BCUT2D eigenvalue weighted by Gasteiger charge is 2.14. The number of hydrogen-bond donors (Lipinski definition) is 1. The lowest BCUT2D eigenvalue weighted by atomic mass is 10.2. The van der Waals surface area contributed by atoms with Crippen LogP contribution in [0.5, 0.6) is 0 Å². The lowest BCUT2D eigenvalue weighted by Crippen LogP contribution is -2.18. The number of rotatable bonds is 8. The van der Waals surface area contributed by atoms with Crippen molar-refractivity contribution in [2.75, 3.05) is 26.4 Å². The van der Waals surface area contributed by atoms with Crippen molar-refractivity contribution in [3.8, 4) is 0 Å². The highest BCUT2D eigenvalue weighted by atomic mass is 35.5. The molecular weight excluding hydrogens is 270 g/mol. The first kappa shape index (κ1) is 14.3. The quantitative estimate of drug-likeness (QED) is 0.746. The normalized spacial score (nSPS) is 19.5. The minimum atomic E-state index is 0.339. The molecule has 0 saturated carbocycles. The van der Waals surface area contributed by atoms with Crippen LogP contribution in [-0.2, 0) is 16.0 Å². The zero-order chi connectivity index (χ0) is 12.6. The van der Waals surface area contributed by atoms with E-state index in [2.05, 4.69) is 11.4 Å². The van der Waals surface area contributed by atoms with Gasteiger partial charge in [-0.25, -0.2) is 0 Å². The van der Waals surface area contributed by atoms with Crippen molar-refractivity contribution in [3.63, 3.8) is 0 Å². The first-order valence-electron chi connectivity index (χ1n) is 6.49. The fourth-order valence-electron chi connectivity index (χ4n) is 1.95. The smallest absolute Gasteiger partial charge is 0.0931 e. The van der Waals surface area contributed by atoms with Gasteiger partial charge in [0.15, 0.2) is 0 Å². The van der Waals surface area contributed by atoms with Gasteiger partial charge in [0.05, 0.1) is 17.0 Å². The molecule has 2 heterocycles. The molecule has 5 heteroatoms. The van der Waals surface area contributed by atoms with Crippen LogP contribution in [0.3, 0.4) is 0 Å². The number of hydrogen-bond acceptors (Lipinski definition) is 4. The molecule has 1 aliphatic rings. The van der Waals surface area contributed by atoms with Crippen molar-refractivity contribution in [1.29, 1.82) is 0 Å². The number of halogens is 1. The van der Waals surface area contributed by atoms with Crippen LogP contribution in [0.4, 0.5) is 0 Å². The zero-order valence-corrected chi connectivity index (χ0v) is 12.1. The maximum atomic E-state index is 5.86. The minimum absolute atomic E-state index is 0.339. The Morgan fingerprint density at radius 3 is 3.17 bits per heavy atom. The van der Waals surface area contributed by atoms with E-state index in [1.54, 1.807) is 11.3 Å². The SMILES string of the molecule is Clc1ccc(CNCCCOCC2CCCO2)s1. The molecule has 1 atom stereocenters. The van der Waals surface area contributed by atoms with E-state index < -0.39 is 0 Å². The van der Waals surface area contributed by atoms with Gasteiger partial charge in [0.25, 0.3) is 0 Å². The molecule has 1 aromatic heterocycles. The van der Waals surface area contributed by atoms with Gasteiger partial charge >= 0.3 is 0 Å². The van der Waals surface area contributed by atoms with Crippen molar-refractivity contribution in [2.45, 2.75) is 31.9 Å². The second-order valence-electron chi connectivity index (χ2n) is 4.45. The summed E-state index contributed by atoms with van der Waals surface area (Å²) >= 11 is 7.49. The maximum absolute atomic E-state index is 5.86. The van der Waals surface area contributed by atoms with Gasteiger partial charge in [-0.15, -0.1) is 11.3 Å². The standard InChI is InChI=1S/C13H20ClNO2S/c14-13-5-4-12(18-13)9-15-6-2-7-16-10-11-3-1-8-17-11/h4-5,11,15H,1-3,6-10H2. The van der Waals surface area contributed by atoms with Gasteiger partial charge in [0.2, 0.25) is 0 Å². The lowest BCUT2D eigenvalue weighted by molar-refractivity contribution is 0.0166. The summed E-state index contributed by atoms with van der Waals surface area (Å²) in [5.74, 6) is 0. The van der Waals surface area contributed by atoms with Crippen LogP contribution in [0, 0.1) is 0 Å².